The fourth-order valence-electron chi connectivity index (χ4n) is 1.46. The molecule has 1 aromatic carbocycles. The van der Waals surface area contributed by atoms with Gasteiger partial charge in [0.15, 0.2) is 0 Å². The van der Waals surface area contributed by atoms with E-state index in [-0.39, 0.29) is 11.4 Å². The smallest absolute Gasteiger partial charge is 0.124 e. The van der Waals surface area contributed by atoms with E-state index in [1.165, 1.54) is 6.07 Å². The van der Waals surface area contributed by atoms with Crippen LogP contribution in [0.25, 0.3) is 0 Å². The molecule has 1 rings (SSSR count). The molecule has 90 valence electrons. The van der Waals surface area contributed by atoms with Crippen molar-refractivity contribution in [3.05, 3.63) is 34.1 Å². The van der Waals surface area contributed by atoms with Crippen LogP contribution in [0.1, 0.15) is 32.8 Å². The van der Waals surface area contributed by atoms with Crippen molar-refractivity contribution >= 4 is 15.9 Å². The van der Waals surface area contributed by atoms with Crippen molar-refractivity contribution in [1.82, 2.24) is 4.90 Å². The second-order valence-corrected chi connectivity index (χ2v) is 5.72. The van der Waals surface area contributed by atoms with E-state index in [1.54, 1.807) is 6.07 Å². The molecular formula is C13H19BrFN. The Morgan fingerprint density at radius 1 is 1.31 bits per heavy atom. The van der Waals surface area contributed by atoms with Gasteiger partial charge in [-0.2, -0.15) is 0 Å². The maximum atomic E-state index is 13.2. The Labute approximate surface area is 106 Å². The molecule has 1 nitrogen and oxygen atoms in total. The van der Waals surface area contributed by atoms with Crippen LogP contribution in [0.15, 0.2) is 22.7 Å². The summed E-state index contributed by atoms with van der Waals surface area (Å²) in [5, 5.41) is 0. The number of benzene rings is 1. The molecule has 0 aliphatic carbocycles. The summed E-state index contributed by atoms with van der Waals surface area (Å²) >= 11 is 3.31. The minimum absolute atomic E-state index is 0.138. The summed E-state index contributed by atoms with van der Waals surface area (Å²) in [5.74, 6) is -0.188. The van der Waals surface area contributed by atoms with Gasteiger partial charge in [-0.15, -0.1) is 0 Å². The highest BCUT2D eigenvalue weighted by Gasteiger charge is 2.21. The number of halogens is 2. The van der Waals surface area contributed by atoms with Gasteiger partial charge in [0.25, 0.3) is 0 Å². The monoisotopic (exact) mass is 287 g/mol. The molecule has 0 heterocycles. The molecule has 0 bridgehead atoms. The molecule has 3 heteroatoms. The van der Waals surface area contributed by atoms with E-state index in [4.69, 9.17) is 0 Å². The van der Waals surface area contributed by atoms with Crippen molar-refractivity contribution in [2.45, 2.75) is 39.3 Å². The van der Waals surface area contributed by atoms with E-state index in [0.29, 0.717) is 0 Å². The Morgan fingerprint density at radius 2 is 1.94 bits per heavy atom. The van der Waals surface area contributed by atoms with E-state index in [0.717, 1.165) is 23.0 Å². The average Bonchev–Trinajstić information content (AvgIpc) is 2.15. The van der Waals surface area contributed by atoms with Gasteiger partial charge in [0.1, 0.15) is 5.82 Å². The zero-order valence-electron chi connectivity index (χ0n) is 10.3. The molecule has 0 aliphatic heterocycles. The summed E-state index contributed by atoms with van der Waals surface area (Å²) in [6.07, 6.45) is 1.07. The standard InChI is InChI=1S/C13H19BrFN/c1-5-13(2,3)16(4)9-10-6-11(14)8-12(15)7-10/h6-8H,5,9H2,1-4H3. The molecule has 0 amide bonds. The van der Waals surface area contributed by atoms with E-state index in [1.807, 2.05) is 6.07 Å². The zero-order valence-corrected chi connectivity index (χ0v) is 11.9. The first kappa shape index (κ1) is 13.7. The van der Waals surface area contributed by atoms with Gasteiger partial charge in [0, 0.05) is 16.6 Å². The molecule has 0 N–H and O–H groups in total. The summed E-state index contributed by atoms with van der Waals surface area (Å²) in [5.41, 5.74) is 1.13. The zero-order chi connectivity index (χ0) is 12.3. The van der Waals surface area contributed by atoms with Crippen LogP contribution < -0.4 is 0 Å². The fourth-order valence-corrected chi connectivity index (χ4v) is 1.97. The Morgan fingerprint density at radius 3 is 2.44 bits per heavy atom. The lowest BCUT2D eigenvalue weighted by atomic mass is 9.99. The van der Waals surface area contributed by atoms with Gasteiger partial charge in [-0.1, -0.05) is 22.9 Å². The van der Waals surface area contributed by atoms with Gasteiger partial charge >= 0.3 is 0 Å². The fraction of sp³-hybridized carbons (Fsp3) is 0.538. The van der Waals surface area contributed by atoms with Crippen molar-refractivity contribution in [3.63, 3.8) is 0 Å². The number of nitrogens with zero attached hydrogens (tertiary/aromatic N) is 1. The van der Waals surface area contributed by atoms with Crippen LogP contribution in [0.3, 0.4) is 0 Å². The van der Waals surface area contributed by atoms with E-state index in [9.17, 15) is 4.39 Å². The quantitative estimate of drug-likeness (QED) is 0.802. The minimum Gasteiger partial charge on any atom is -0.297 e. The number of hydrogen-bond donors (Lipinski definition) is 0. The third kappa shape index (κ3) is 3.56. The molecule has 0 atom stereocenters. The first-order chi connectivity index (χ1) is 7.35. The lowest BCUT2D eigenvalue weighted by Crippen LogP contribution is -2.39. The Bertz CT molecular complexity index is 343. The predicted molar refractivity (Wildman–Crippen MR) is 69.9 cm³/mol. The Hall–Kier alpha value is -0.410. The van der Waals surface area contributed by atoms with Crippen molar-refractivity contribution in [1.29, 1.82) is 0 Å². The third-order valence-corrected chi connectivity index (χ3v) is 3.70. The van der Waals surface area contributed by atoms with Crippen molar-refractivity contribution in [2.75, 3.05) is 7.05 Å². The van der Waals surface area contributed by atoms with Gasteiger partial charge in [-0.05, 0) is 51.1 Å². The molecule has 1 aromatic rings. The third-order valence-electron chi connectivity index (χ3n) is 3.24. The van der Waals surface area contributed by atoms with Gasteiger partial charge in [-0.25, -0.2) is 4.39 Å². The van der Waals surface area contributed by atoms with Crippen molar-refractivity contribution in [3.8, 4) is 0 Å². The highest BCUT2D eigenvalue weighted by Crippen LogP contribution is 2.21. The number of hydrogen-bond acceptors (Lipinski definition) is 1. The predicted octanol–water partition coefficient (Wildman–Crippen LogP) is 4.21. The molecule has 0 saturated heterocycles. The van der Waals surface area contributed by atoms with Crippen LogP contribution in [-0.2, 0) is 6.54 Å². The van der Waals surface area contributed by atoms with E-state index in [2.05, 4.69) is 48.6 Å². The van der Waals surface area contributed by atoms with Gasteiger partial charge in [-0.3, -0.25) is 4.90 Å². The molecule has 0 spiro atoms. The summed E-state index contributed by atoms with van der Waals surface area (Å²) in [6, 6.07) is 5.03. The van der Waals surface area contributed by atoms with Crippen LogP contribution in [0.2, 0.25) is 0 Å². The van der Waals surface area contributed by atoms with E-state index >= 15 is 0 Å². The Kier molecular flexibility index (Phi) is 4.51. The number of rotatable bonds is 4. The summed E-state index contributed by atoms with van der Waals surface area (Å²) in [4.78, 5) is 2.24. The molecular weight excluding hydrogens is 269 g/mol. The van der Waals surface area contributed by atoms with Crippen LogP contribution in [0.4, 0.5) is 4.39 Å². The van der Waals surface area contributed by atoms with Crippen LogP contribution in [0, 0.1) is 5.82 Å². The van der Waals surface area contributed by atoms with Gasteiger partial charge in [0.2, 0.25) is 0 Å². The summed E-state index contributed by atoms with van der Waals surface area (Å²) < 4.78 is 14.0. The van der Waals surface area contributed by atoms with Gasteiger partial charge in [0.05, 0.1) is 0 Å². The van der Waals surface area contributed by atoms with Crippen LogP contribution in [0.5, 0.6) is 0 Å². The second kappa shape index (κ2) is 5.28. The molecule has 0 radical (unpaired) electrons. The molecule has 0 unspecified atom stereocenters. The molecule has 0 aliphatic rings. The lowest BCUT2D eigenvalue weighted by molar-refractivity contribution is 0.143. The van der Waals surface area contributed by atoms with Crippen LogP contribution >= 0.6 is 15.9 Å². The normalized spacial score (nSPS) is 12.2. The van der Waals surface area contributed by atoms with Crippen molar-refractivity contribution in [2.24, 2.45) is 0 Å². The molecule has 0 aromatic heterocycles. The van der Waals surface area contributed by atoms with Gasteiger partial charge < -0.3 is 0 Å². The first-order valence-electron chi connectivity index (χ1n) is 5.51. The van der Waals surface area contributed by atoms with Crippen LogP contribution in [-0.4, -0.2) is 17.5 Å². The average molecular weight is 288 g/mol. The summed E-state index contributed by atoms with van der Waals surface area (Å²) in [6.45, 7) is 7.32. The minimum atomic E-state index is -0.188. The maximum absolute atomic E-state index is 13.2. The Balaban J connectivity index is 2.80. The highest BCUT2D eigenvalue weighted by molar-refractivity contribution is 9.10. The first-order valence-corrected chi connectivity index (χ1v) is 6.30. The SMILES string of the molecule is CCC(C)(C)N(C)Cc1cc(F)cc(Br)c1. The van der Waals surface area contributed by atoms with Crippen molar-refractivity contribution < 1.29 is 4.39 Å². The topological polar surface area (TPSA) is 3.24 Å². The maximum Gasteiger partial charge on any atom is 0.124 e. The molecule has 0 fully saturated rings. The largest absolute Gasteiger partial charge is 0.297 e. The molecule has 16 heavy (non-hydrogen) atoms. The lowest BCUT2D eigenvalue weighted by Gasteiger charge is -2.34. The van der Waals surface area contributed by atoms with E-state index < -0.39 is 0 Å². The second-order valence-electron chi connectivity index (χ2n) is 4.80. The highest BCUT2D eigenvalue weighted by atomic mass is 79.9. The molecule has 0 saturated carbocycles. The summed E-state index contributed by atoms with van der Waals surface area (Å²) in [7, 11) is 2.07.